The molecule has 0 saturated heterocycles. The first-order valence-corrected chi connectivity index (χ1v) is 7.57. The fourth-order valence-electron chi connectivity index (χ4n) is 2.86. The predicted octanol–water partition coefficient (Wildman–Crippen LogP) is 4.16. The molecule has 1 saturated carbocycles. The Labute approximate surface area is 125 Å². The number of carboxylic acids is 1. The average Bonchev–Trinajstić information content (AvgIpc) is 2.46. The summed E-state index contributed by atoms with van der Waals surface area (Å²) in [5.74, 6) is -0.626. The summed E-state index contributed by atoms with van der Waals surface area (Å²) in [5.41, 5.74) is 0.822. The van der Waals surface area contributed by atoms with E-state index < -0.39 is 5.97 Å². The highest BCUT2D eigenvalue weighted by Crippen LogP contribution is 2.26. The Balaban J connectivity index is 2.13. The molecule has 2 aliphatic rings. The van der Waals surface area contributed by atoms with Crippen LogP contribution in [0.25, 0.3) is 0 Å². The molecule has 1 aliphatic carbocycles. The summed E-state index contributed by atoms with van der Waals surface area (Å²) < 4.78 is 13.4. The molecule has 0 bridgehead atoms. The highest BCUT2D eigenvalue weighted by atomic mass is 19.1. The first kappa shape index (κ1) is 15.5. The lowest BCUT2D eigenvalue weighted by Gasteiger charge is -2.30. The largest absolute Gasteiger partial charge is 0.478 e. The summed E-state index contributed by atoms with van der Waals surface area (Å²) in [6.07, 6.45) is 15.9. The van der Waals surface area contributed by atoms with E-state index in [9.17, 15) is 9.18 Å². The maximum absolute atomic E-state index is 13.4. The van der Waals surface area contributed by atoms with Gasteiger partial charge in [0.2, 0.25) is 0 Å². The van der Waals surface area contributed by atoms with E-state index in [1.807, 2.05) is 11.0 Å². The van der Waals surface area contributed by atoms with Crippen LogP contribution in [-0.2, 0) is 4.79 Å². The zero-order valence-corrected chi connectivity index (χ0v) is 12.2. The second kappa shape index (κ2) is 7.81. The summed E-state index contributed by atoms with van der Waals surface area (Å²) in [5, 5.41) is 8.80. The van der Waals surface area contributed by atoms with Gasteiger partial charge in [-0.15, -0.1) is 0 Å². The van der Waals surface area contributed by atoms with Gasteiger partial charge in [0.15, 0.2) is 0 Å². The van der Waals surface area contributed by atoms with Crippen molar-refractivity contribution in [3.05, 3.63) is 48.1 Å². The number of allylic oxidation sites excluding steroid dienone is 5. The van der Waals surface area contributed by atoms with Gasteiger partial charge in [-0.05, 0) is 43.4 Å². The van der Waals surface area contributed by atoms with Crippen molar-refractivity contribution in [2.45, 2.75) is 38.5 Å². The van der Waals surface area contributed by atoms with E-state index in [2.05, 4.69) is 0 Å². The normalized spacial score (nSPS) is 27.4. The third-order valence-corrected chi connectivity index (χ3v) is 3.96. The topological polar surface area (TPSA) is 40.5 Å². The van der Waals surface area contributed by atoms with Gasteiger partial charge in [-0.2, -0.15) is 0 Å². The van der Waals surface area contributed by atoms with Crippen LogP contribution in [0.5, 0.6) is 0 Å². The molecule has 4 heteroatoms. The SMILES string of the molecule is O=C(O)/C=C/C1=C/C/C=C(F)\C=C/N1CC1CCCCC1. The number of nitrogens with zero attached hydrogens (tertiary/aromatic N) is 1. The van der Waals surface area contributed by atoms with Crippen molar-refractivity contribution in [3.8, 4) is 0 Å². The summed E-state index contributed by atoms with van der Waals surface area (Å²) in [4.78, 5) is 12.7. The van der Waals surface area contributed by atoms with Crippen molar-refractivity contribution in [2.24, 2.45) is 5.92 Å². The van der Waals surface area contributed by atoms with Crippen molar-refractivity contribution in [1.29, 1.82) is 0 Å². The zero-order valence-electron chi connectivity index (χ0n) is 12.2. The van der Waals surface area contributed by atoms with E-state index in [1.54, 1.807) is 12.3 Å². The highest BCUT2D eigenvalue weighted by Gasteiger charge is 2.17. The molecule has 1 heterocycles. The monoisotopic (exact) mass is 291 g/mol. The molecule has 0 aromatic heterocycles. The molecule has 0 amide bonds. The van der Waals surface area contributed by atoms with E-state index in [0.717, 1.165) is 18.3 Å². The van der Waals surface area contributed by atoms with Crippen molar-refractivity contribution < 1.29 is 14.3 Å². The van der Waals surface area contributed by atoms with Crippen LogP contribution in [-0.4, -0.2) is 22.5 Å². The second-order valence-corrected chi connectivity index (χ2v) is 5.60. The summed E-state index contributed by atoms with van der Waals surface area (Å²) >= 11 is 0. The van der Waals surface area contributed by atoms with Crippen LogP contribution in [0.3, 0.4) is 0 Å². The molecule has 114 valence electrons. The van der Waals surface area contributed by atoms with Crippen LogP contribution in [0.1, 0.15) is 38.5 Å². The Bertz CT molecular complexity index is 485. The van der Waals surface area contributed by atoms with E-state index in [1.165, 1.54) is 44.3 Å². The Kier molecular flexibility index (Phi) is 5.78. The van der Waals surface area contributed by atoms with Crippen LogP contribution in [0, 0.1) is 5.92 Å². The van der Waals surface area contributed by atoms with Crippen LogP contribution < -0.4 is 0 Å². The lowest BCUT2D eigenvalue weighted by atomic mass is 9.89. The van der Waals surface area contributed by atoms with Gasteiger partial charge in [0.05, 0.1) is 0 Å². The van der Waals surface area contributed by atoms with Crippen molar-refractivity contribution in [2.75, 3.05) is 6.54 Å². The molecular weight excluding hydrogens is 269 g/mol. The van der Waals surface area contributed by atoms with Gasteiger partial charge in [0.25, 0.3) is 0 Å². The van der Waals surface area contributed by atoms with Crippen LogP contribution in [0.2, 0.25) is 0 Å². The third-order valence-electron chi connectivity index (χ3n) is 3.96. The van der Waals surface area contributed by atoms with Crippen molar-refractivity contribution >= 4 is 5.97 Å². The average molecular weight is 291 g/mol. The number of carboxylic acid groups (broad SMARTS) is 1. The molecule has 3 nitrogen and oxygen atoms in total. The number of halogens is 1. The van der Waals surface area contributed by atoms with Gasteiger partial charge in [-0.3, -0.25) is 0 Å². The maximum Gasteiger partial charge on any atom is 0.328 e. The summed E-state index contributed by atoms with van der Waals surface area (Å²) in [7, 11) is 0. The van der Waals surface area contributed by atoms with Crippen molar-refractivity contribution in [3.63, 3.8) is 0 Å². The van der Waals surface area contributed by atoms with Gasteiger partial charge < -0.3 is 10.0 Å². The maximum atomic E-state index is 13.4. The van der Waals surface area contributed by atoms with Gasteiger partial charge >= 0.3 is 5.97 Å². The minimum atomic E-state index is -0.971. The first-order valence-electron chi connectivity index (χ1n) is 7.57. The van der Waals surface area contributed by atoms with Crippen LogP contribution >= 0.6 is 0 Å². The lowest BCUT2D eigenvalue weighted by Crippen LogP contribution is -2.25. The number of rotatable bonds is 4. The lowest BCUT2D eigenvalue weighted by molar-refractivity contribution is -0.131. The third kappa shape index (κ3) is 5.21. The van der Waals surface area contributed by atoms with Gasteiger partial charge in [0, 0.05) is 24.5 Å². The molecule has 1 aliphatic heterocycles. The molecule has 0 spiro atoms. The molecule has 0 aromatic carbocycles. The van der Waals surface area contributed by atoms with Crippen LogP contribution in [0.15, 0.2) is 48.1 Å². The fraction of sp³-hybridized carbons (Fsp3) is 0.471. The fourth-order valence-corrected chi connectivity index (χ4v) is 2.86. The smallest absolute Gasteiger partial charge is 0.328 e. The quantitative estimate of drug-likeness (QED) is 0.790. The minimum Gasteiger partial charge on any atom is -0.478 e. The second-order valence-electron chi connectivity index (χ2n) is 5.60. The number of aliphatic carboxylic acids is 1. The number of hydrogen-bond acceptors (Lipinski definition) is 2. The molecule has 21 heavy (non-hydrogen) atoms. The van der Waals surface area contributed by atoms with Crippen molar-refractivity contribution in [1.82, 2.24) is 4.90 Å². The molecule has 1 fully saturated rings. The standard InChI is InChI=1S/C17H22FNO2/c18-15-7-4-8-16(9-10-17(20)21)19(12-11-15)13-14-5-2-1-3-6-14/h7-12,14H,1-6,13H2,(H,20,21)/b10-9+,12-11-,15-7+,16-8-. The van der Waals surface area contributed by atoms with E-state index in [0.29, 0.717) is 12.3 Å². The molecule has 0 unspecified atom stereocenters. The van der Waals surface area contributed by atoms with Gasteiger partial charge in [0.1, 0.15) is 5.83 Å². The van der Waals surface area contributed by atoms with Crippen LogP contribution in [0.4, 0.5) is 4.39 Å². The highest BCUT2D eigenvalue weighted by molar-refractivity contribution is 5.80. The number of hydrogen-bond donors (Lipinski definition) is 1. The summed E-state index contributed by atoms with van der Waals surface area (Å²) in [6, 6.07) is 0. The Morgan fingerprint density at radius 3 is 2.81 bits per heavy atom. The van der Waals surface area contributed by atoms with Gasteiger partial charge in [-0.1, -0.05) is 25.3 Å². The molecule has 2 rings (SSSR count). The Morgan fingerprint density at radius 1 is 1.33 bits per heavy atom. The molecule has 0 radical (unpaired) electrons. The number of carbonyl (C=O) groups is 1. The molecule has 1 N–H and O–H groups in total. The predicted molar refractivity (Wildman–Crippen MR) is 81.1 cm³/mol. The van der Waals surface area contributed by atoms with E-state index >= 15 is 0 Å². The molecular formula is C17H22FNO2. The Morgan fingerprint density at radius 2 is 2.10 bits per heavy atom. The molecule has 0 aromatic rings. The Hall–Kier alpha value is -1.84. The van der Waals surface area contributed by atoms with E-state index in [-0.39, 0.29) is 5.83 Å². The minimum absolute atomic E-state index is 0.249. The summed E-state index contributed by atoms with van der Waals surface area (Å²) in [6.45, 7) is 0.819. The molecule has 0 atom stereocenters. The van der Waals surface area contributed by atoms with Gasteiger partial charge in [-0.25, -0.2) is 9.18 Å². The first-order chi connectivity index (χ1) is 10.1. The van der Waals surface area contributed by atoms with E-state index in [4.69, 9.17) is 5.11 Å². The zero-order chi connectivity index (χ0) is 15.1.